The highest BCUT2D eigenvalue weighted by Gasteiger charge is 2.31. The molecule has 1 heterocycles. The first-order valence-electron chi connectivity index (χ1n) is 13.8. The van der Waals surface area contributed by atoms with E-state index in [2.05, 4.69) is 14.8 Å². The molecular weight excluding hydrogens is 695 g/mol. The number of alkyl halides is 3. The molecule has 0 bridgehead atoms. The van der Waals surface area contributed by atoms with Crippen molar-refractivity contribution in [3.8, 4) is 5.69 Å². The lowest BCUT2D eigenvalue weighted by Gasteiger charge is -2.13. The molecule has 0 radical (unpaired) electrons. The van der Waals surface area contributed by atoms with Gasteiger partial charge in [-0.15, -0.1) is 0 Å². The first-order valence-corrected chi connectivity index (χ1v) is 17.1. The van der Waals surface area contributed by atoms with Crippen molar-refractivity contribution >= 4 is 54.6 Å². The lowest BCUT2D eigenvalue weighted by Crippen LogP contribution is -2.23. The molecule has 1 amide bonds. The molecule has 48 heavy (non-hydrogen) atoms. The van der Waals surface area contributed by atoms with E-state index in [1.165, 1.54) is 39.7 Å². The first-order chi connectivity index (χ1) is 22.5. The molecule has 0 saturated heterocycles. The normalized spacial score (nSPS) is 12.0. The Bertz CT molecular complexity index is 2320. The van der Waals surface area contributed by atoms with Gasteiger partial charge in [0.15, 0.2) is 0 Å². The van der Waals surface area contributed by atoms with E-state index in [4.69, 9.17) is 11.6 Å². The van der Waals surface area contributed by atoms with Crippen molar-refractivity contribution in [2.75, 3.05) is 14.8 Å². The van der Waals surface area contributed by atoms with Crippen molar-refractivity contribution < 1.29 is 34.8 Å². The van der Waals surface area contributed by atoms with Crippen LogP contribution in [-0.4, -0.2) is 32.1 Å². The molecular formula is C31H25ClF3N5O6S2. The molecule has 17 heteroatoms. The Kier molecular flexibility index (Phi) is 9.18. The molecule has 0 aliphatic heterocycles. The zero-order valence-corrected chi connectivity index (χ0v) is 27.3. The van der Waals surface area contributed by atoms with Gasteiger partial charge >= 0.3 is 6.18 Å². The van der Waals surface area contributed by atoms with Gasteiger partial charge in [-0.05, 0) is 73.7 Å². The van der Waals surface area contributed by atoms with Gasteiger partial charge in [0.1, 0.15) is 10.6 Å². The number of carbonyl (C=O) groups is 1. The fourth-order valence-electron chi connectivity index (χ4n) is 4.64. The molecule has 0 aliphatic rings. The van der Waals surface area contributed by atoms with Crippen molar-refractivity contribution in [2.45, 2.75) is 22.9 Å². The van der Waals surface area contributed by atoms with Crippen LogP contribution in [0.15, 0.2) is 112 Å². The van der Waals surface area contributed by atoms with Crippen molar-refractivity contribution in [2.24, 2.45) is 7.05 Å². The van der Waals surface area contributed by atoms with Crippen LogP contribution in [0.3, 0.4) is 0 Å². The molecule has 0 atom stereocenters. The molecule has 0 unspecified atom stereocenters. The topological polar surface area (TPSA) is 148 Å². The van der Waals surface area contributed by atoms with Gasteiger partial charge in [0.05, 0.1) is 26.9 Å². The van der Waals surface area contributed by atoms with Gasteiger partial charge in [0.25, 0.3) is 31.5 Å². The minimum atomic E-state index is -4.69. The van der Waals surface area contributed by atoms with Crippen LogP contribution in [0, 0.1) is 6.92 Å². The molecule has 11 nitrogen and oxygen atoms in total. The van der Waals surface area contributed by atoms with Crippen LogP contribution >= 0.6 is 11.6 Å². The number of rotatable bonds is 9. The number of sulfonamides is 2. The monoisotopic (exact) mass is 719 g/mol. The van der Waals surface area contributed by atoms with Crippen LogP contribution in [0.4, 0.5) is 30.2 Å². The minimum absolute atomic E-state index is 0.0224. The number of para-hydroxylation sites is 1. The Hall–Kier alpha value is -5.06. The summed E-state index contributed by atoms with van der Waals surface area (Å²) in [5.41, 5.74) is -1.66. The van der Waals surface area contributed by atoms with Crippen LogP contribution in [0.2, 0.25) is 5.02 Å². The number of aromatic nitrogens is 2. The predicted molar refractivity (Wildman–Crippen MR) is 175 cm³/mol. The summed E-state index contributed by atoms with van der Waals surface area (Å²) in [7, 11) is -7.32. The lowest BCUT2D eigenvalue weighted by molar-refractivity contribution is -0.137. The molecule has 3 N–H and O–H groups in total. The number of amides is 1. The minimum Gasteiger partial charge on any atom is -0.322 e. The second kappa shape index (κ2) is 12.9. The number of nitrogens with zero attached hydrogens (tertiary/aromatic N) is 2. The Labute approximate surface area is 277 Å². The van der Waals surface area contributed by atoms with Gasteiger partial charge in [-0.3, -0.25) is 23.7 Å². The maximum Gasteiger partial charge on any atom is 0.416 e. The summed E-state index contributed by atoms with van der Waals surface area (Å²) < 4.78 is 99.2. The summed E-state index contributed by atoms with van der Waals surface area (Å²) in [6, 6.07) is 20.5. The summed E-state index contributed by atoms with van der Waals surface area (Å²) in [6.07, 6.45) is -4.69. The second-order valence-electron chi connectivity index (χ2n) is 10.4. The van der Waals surface area contributed by atoms with E-state index in [-0.39, 0.29) is 32.5 Å². The summed E-state index contributed by atoms with van der Waals surface area (Å²) in [6.45, 7) is 1.55. The third kappa shape index (κ3) is 7.10. The summed E-state index contributed by atoms with van der Waals surface area (Å²) in [5.74, 6) is -0.842. The smallest absolute Gasteiger partial charge is 0.322 e. The number of hydrogen-bond donors (Lipinski definition) is 3. The quantitative estimate of drug-likeness (QED) is 0.170. The number of carbonyl (C=O) groups excluding carboxylic acids is 1. The highest BCUT2D eigenvalue weighted by Crippen LogP contribution is 2.32. The number of halogens is 4. The van der Waals surface area contributed by atoms with E-state index < -0.39 is 48.1 Å². The molecule has 0 saturated carbocycles. The molecule has 4 aromatic carbocycles. The fourth-order valence-corrected chi connectivity index (χ4v) is 7.38. The van der Waals surface area contributed by atoms with Crippen LogP contribution in [0.5, 0.6) is 0 Å². The zero-order valence-electron chi connectivity index (χ0n) is 24.9. The molecule has 5 rings (SSSR count). The average molecular weight is 720 g/mol. The number of nitrogens with one attached hydrogen (secondary N) is 3. The highest BCUT2D eigenvalue weighted by molar-refractivity contribution is 7.93. The van der Waals surface area contributed by atoms with Gasteiger partial charge in [-0.1, -0.05) is 41.9 Å². The largest absolute Gasteiger partial charge is 0.416 e. The van der Waals surface area contributed by atoms with Crippen molar-refractivity contribution in [1.82, 2.24) is 9.36 Å². The average Bonchev–Trinajstić information content (AvgIpc) is 3.23. The zero-order chi connectivity index (χ0) is 35.0. The maximum atomic E-state index is 13.5. The number of hydrogen-bond acceptors (Lipinski definition) is 6. The van der Waals surface area contributed by atoms with Gasteiger partial charge in [0, 0.05) is 24.0 Å². The molecule has 0 aliphatic carbocycles. The number of anilines is 3. The molecule has 1 aromatic heterocycles. The number of benzene rings is 4. The van der Waals surface area contributed by atoms with E-state index >= 15 is 0 Å². The van der Waals surface area contributed by atoms with E-state index in [1.54, 1.807) is 44.3 Å². The van der Waals surface area contributed by atoms with E-state index in [9.17, 15) is 39.6 Å². The summed E-state index contributed by atoms with van der Waals surface area (Å²) in [5, 5.41) is 2.22. The van der Waals surface area contributed by atoms with Crippen molar-refractivity contribution in [3.05, 3.63) is 129 Å². The maximum absolute atomic E-state index is 13.5. The fraction of sp³-hybridized carbons (Fsp3) is 0.0968. The Morgan fingerprint density at radius 1 is 0.792 bits per heavy atom. The second-order valence-corrected chi connectivity index (χ2v) is 14.1. The van der Waals surface area contributed by atoms with Gasteiger partial charge < -0.3 is 5.32 Å². The molecule has 5 aromatic rings. The Balaban J connectivity index is 1.38. The standard InChI is InChI=1S/C31H25ClF3N5O6S2/c1-19-28(30(42)40(39(19)2)24-11-4-3-5-12-24)38-48(45,46)27-16-20(14-15-26(27)32)29(41)36-22-9-7-13-25(18-22)47(43,44)37-23-10-6-8-21(17-23)31(33,34)35/h3-18,37-38H,1-2H3,(H,36,41). The lowest BCUT2D eigenvalue weighted by atomic mass is 10.2. The Morgan fingerprint density at radius 2 is 1.46 bits per heavy atom. The summed E-state index contributed by atoms with van der Waals surface area (Å²) >= 11 is 6.22. The van der Waals surface area contributed by atoms with E-state index in [0.717, 1.165) is 30.3 Å². The van der Waals surface area contributed by atoms with Crippen LogP contribution in [0.1, 0.15) is 21.6 Å². The Morgan fingerprint density at radius 3 is 2.15 bits per heavy atom. The third-order valence-electron chi connectivity index (χ3n) is 7.12. The van der Waals surface area contributed by atoms with Crippen molar-refractivity contribution in [3.63, 3.8) is 0 Å². The first kappa shape index (κ1) is 34.3. The van der Waals surface area contributed by atoms with Gasteiger partial charge in [-0.2, -0.15) is 13.2 Å². The van der Waals surface area contributed by atoms with Gasteiger partial charge in [0.2, 0.25) is 0 Å². The van der Waals surface area contributed by atoms with Crippen LogP contribution < -0.4 is 20.3 Å². The van der Waals surface area contributed by atoms with E-state index in [1.807, 2.05) is 0 Å². The van der Waals surface area contributed by atoms with Crippen LogP contribution in [-0.2, 0) is 33.3 Å². The highest BCUT2D eigenvalue weighted by atomic mass is 35.5. The van der Waals surface area contributed by atoms with Crippen molar-refractivity contribution in [1.29, 1.82) is 0 Å². The molecule has 250 valence electrons. The van der Waals surface area contributed by atoms with Crippen LogP contribution in [0.25, 0.3) is 5.69 Å². The SMILES string of the molecule is Cc1c(NS(=O)(=O)c2cc(C(=O)Nc3cccc(S(=O)(=O)Nc4cccc(C(F)(F)F)c4)c3)ccc2Cl)c(=O)n(-c2ccccc2)n1C. The summed E-state index contributed by atoms with van der Waals surface area (Å²) in [4.78, 5) is 25.5. The predicted octanol–water partition coefficient (Wildman–Crippen LogP) is 6.01. The molecule has 0 spiro atoms. The molecule has 0 fully saturated rings. The third-order valence-corrected chi connectivity index (χ3v) is 10.3. The van der Waals surface area contributed by atoms with E-state index in [0.29, 0.717) is 17.4 Å². The van der Waals surface area contributed by atoms with Gasteiger partial charge in [-0.25, -0.2) is 21.5 Å².